The predicted molar refractivity (Wildman–Crippen MR) is 100 cm³/mol. The topological polar surface area (TPSA) is 101 Å². The smallest absolute Gasteiger partial charge is 0.252 e. The van der Waals surface area contributed by atoms with Gasteiger partial charge >= 0.3 is 0 Å². The summed E-state index contributed by atoms with van der Waals surface area (Å²) in [5.41, 5.74) is 4.36. The highest BCUT2D eigenvalue weighted by Gasteiger charge is 2.12. The summed E-state index contributed by atoms with van der Waals surface area (Å²) in [4.78, 5) is 32.3. The Bertz CT molecular complexity index is 978. The number of carbonyl (C=O) groups is 2. The number of nitrogens with one attached hydrogen (secondary N) is 2. The summed E-state index contributed by atoms with van der Waals surface area (Å²) in [5, 5.41) is 9.65. The van der Waals surface area contributed by atoms with Gasteiger partial charge < -0.3 is 10.6 Å². The molecule has 2 N–H and O–H groups in total. The number of hydrogen-bond acceptors (Lipinski definition) is 5. The molecule has 2 aromatic heterocycles. The van der Waals surface area contributed by atoms with Gasteiger partial charge in [0.25, 0.3) is 11.7 Å². The van der Waals surface area contributed by atoms with Gasteiger partial charge in [0.05, 0.1) is 0 Å². The van der Waals surface area contributed by atoms with E-state index in [9.17, 15) is 9.59 Å². The Morgan fingerprint density at radius 3 is 2.59 bits per heavy atom. The van der Waals surface area contributed by atoms with Crippen molar-refractivity contribution in [2.45, 2.75) is 33.2 Å². The number of rotatable bonds is 6. The second-order valence-corrected chi connectivity index (χ2v) is 6.29. The molecule has 0 aliphatic carbocycles. The molecule has 0 spiro atoms. The second kappa shape index (κ2) is 7.94. The molecule has 0 saturated carbocycles. The number of fused-ring (bicyclic) bond motifs is 1. The fourth-order valence-electron chi connectivity index (χ4n) is 2.96. The van der Waals surface area contributed by atoms with Gasteiger partial charge in [-0.3, -0.25) is 9.59 Å². The highest BCUT2D eigenvalue weighted by Crippen LogP contribution is 2.15. The third-order valence-corrected chi connectivity index (χ3v) is 4.52. The van der Waals surface area contributed by atoms with Crippen LogP contribution in [-0.4, -0.2) is 38.4 Å². The van der Waals surface area contributed by atoms with E-state index in [1.54, 1.807) is 23.7 Å². The molecule has 3 rings (SSSR count). The molecule has 2 heterocycles. The lowest BCUT2D eigenvalue weighted by Gasteiger charge is -2.11. The van der Waals surface area contributed by atoms with Crippen LogP contribution in [0.3, 0.4) is 0 Å². The molecule has 8 nitrogen and oxygen atoms in total. The van der Waals surface area contributed by atoms with Crippen LogP contribution in [0.1, 0.15) is 39.3 Å². The van der Waals surface area contributed by atoms with Crippen LogP contribution in [-0.2, 0) is 17.8 Å². The maximum Gasteiger partial charge on any atom is 0.252 e. The largest absolute Gasteiger partial charge is 0.355 e. The first-order valence-corrected chi connectivity index (χ1v) is 8.73. The SMILES string of the molecule is CNC(=O)c1ccc(CNC(=O)CCc2c(C)nc3ncnn3c2C)cc1. The van der Waals surface area contributed by atoms with E-state index in [1.165, 1.54) is 6.33 Å². The van der Waals surface area contributed by atoms with Crippen LogP contribution in [0.4, 0.5) is 0 Å². The van der Waals surface area contributed by atoms with Gasteiger partial charge in [0, 0.05) is 37.0 Å². The highest BCUT2D eigenvalue weighted by molar-refractivity contribution is 5.93. The summed E-state index contributed by atoms with van der Waals surface area (Å²) in [6, 6.07) is 7.15. The van der Waals surface area contributed by atoms with Crippen LogP contribution < -0.4 is 10.6 Å². The van der Waals surface area contributed by atoms with Crippen molar-refractivity contribution < 1.29 is 9.59 Å². The van der Waals surface area contributed by atoms with E-state index in [4.69, 9.17) is 0 Å². The lowest BCUT2D eigenvalue weighted by molar-refractivity contribution is -0.121. The van der Waals surface area contributed by atoms with E-state index >= 15 is 0 Å². The van der Waals surface area contributed by atoms with Crippen molar-refractivity contribution in [3.8, 4) is 0 Å². The Kier molecular flexibility index (Phi) is 5.44. The van der Waals surface area contributed by atoms with E-state index in [0.717, 1.165) is 22.5 Å². The van der Waals surface area contributed by atoms with Gasteiger partial charge in [-0.2, -0.15) is 10.1 Å². The molecule has 140 valence electrons. The number of aryl methyl sites for hydroxylation is 2. The Hall–Kier alpha value is -3.29. The average molecular weight is 366 g/mol. The molecule has 0 saturated heterocycles. The maximum absolute atomic E-state index is 12.2. The molecule has 0 aliphatic heterocycles. The van der Waals surface area contributed by atoms with Gasteiger partial charge in [0.2, 0.25) is 5.91 Å². The minimum Gasteiger partial charge on any atom is -0.355 e. The monoisotopic (exact) mass is 366 g/mol. The van der Waals surface area contributed by atoms with Gasteiger partial charge in [-0.05, 0) is 43.5 Å². The molecular weight excluding hydrogens is 344 g/mol. The first-order valence-electron chi connectivity index (χ1n) is 8.73. The first-order chi connectivity index (χ1) is 13.0. The van der Waals surface area contributed by atoms with Crippen molar-refractivity contribution in [3.05, 3.63) is 58.7 Å². The van der Waals surface area contributed by atoms with Gasteiger partial charge in [-0.15, -0.1) is 0 Å². The Morgan fingerprint density at radius 2 is 1.89 bits per heavy atom. The zero-order chi connectivity index (χ0) is 19.4. The minimum atomic E-state index is -0.130. The van der Waals surface area contributed by atoms with E-state index < -0.39 is 0 Å². The highest BCUT2D eigenvalue weighted by atomic mass is 16.2. The second-order valence-electron chi connectivity index (χ2n) is 6.29. The number of nitrogens with zero attached hydrogens (tertiary/aromatic N) is 4. The van der Waals surface area contributed by atoms with E-state index in [1.807, 2.05) is 26.0 Å². The van der Waals surface area contributed by atoms with Gasteiger partial charge in [0.15, 0.2) is 0 Å². The number of aromatic nitrogens is 4. The molecule has 0 fully saturated rings. The molecule has 0 aliphatic rings. The Labute approximate surface area is 157 Å². The lowest BCUT2D eigenvalue weighted by Crippen LogP contribution is -2.23. The summed E-state index contributed by atoms with van der Waals surface area (Å²) in [5.74, 6) is 0.399. The fourth-order valence-corrected chi connectivity index (χ4v) is 2.96. The summed E-state index contributed by atoms with van der Waals surface area (Å²) in [7, 11) is 1.59. The minimum absolute atomic E-state index is 0.0390. The summed E-state index contributed by atoms with van der Waals surface area (Å²) < 4.78 is 1.69. The molecule has 0 bridgehead atoms. The van der Waals surface area contributed by atoms with Crippen molar-refractivity contribution in [1.82, 2.24) is 30.2 Å². The van der Waals surface area contributed by atoms with E-state index in [-0.39, 0.29) is 11.8 Å². The van der Waals surface area contributed by atoms with Crippen LogP contribution in [0.5, 0.6) is 0 Å². The van der Waals surface area contributed by atoms with Crippen molar-refractivity contribution in [3.63, 3.8) is 0 Å². The van der Waals surface area contributed by atoms with Crippen LogP contribution >= 0.6 is 0 Å². The molecule has 8 heteroatoms. The molecular formula is C19H22N6O2. The fraction of sp³-hybridized carbons (Fsp3) is 0.316. The molecule has 2 amide bonds. The predicted octanol–water partition coefficient (Wildman–Crippen LogP) is 1.35. The van der Waals surface area contributed by atoms with Crippen molar-refractivity contribution in [2.24, 2.45) is 0 Å². The van der Waals surface area contributed by atoms with Crippen LogP contribution in [0, 0.1) is 13.8 Å². The lowest BCUT2D eigenvalue weighted by atomic mass is 10.1. The van der Waals surface area contributed by atoms with E-state index in [2.05, 4.69) is 25.7 Å². The summed E-state index contributed by atoms with van der Waals surface area (Å²) in [6.07, 6.45) is 2.42. The summed E-state index contributed by atoms with van der Waals surface area (Å²) >= 11 is 0. The Morgan fingerprint density at radius 1 is 1.15 bits per heavy atom. The van der Waals surface area contributed by atoms with Crippen LogP contribution in [0.15, 0.2) is 30.6 Å². The molecule has 27 heavy (non-hydrogen) atoms. The third-order valence-electron chi connectivity index (χ3n) is 4.52. The quantitative estimate of drug-likeness (QED) is 0.686. The third kappa shape index (κ3) is 4.11. The van der Waals surface area contributed by atoms with Crippen molar-refractivity contribution >= 4 is 17.6 Å². The van der Waals surface area contributed by atoms with E-state index in [0.29, 0.717) is 30.7 Å². The molecule has 0 atom stereocenters. The van der Waals surface area contributed by atoms with Crippen LogP contribution in [0.2, 0.25) is 0 Å². The Balaban J connectivity index is 1.56. The number of hydrogen-bond donors (Lipinski definition) is 2. The normalized spacial score (nSPS) is 10.8. The molecule has 0 radical (unpaired) electrons. The van der Waals surface area contributed by atoms with Gasteiger partial charge in [0.1, 0.15) is 6.33 Å². The zero-order valence-corrected chi connectivity index (χ0v) is 15.6. The van der Waals surface area contributed by atoms with Crippen LogP contribution in [0.25, 0.3) is 5.78 Å². The van der Waals surface area contributed by atoms with Crippen molar-refractivity contribution in [2.75, 3.05) is 7.05 Å². The number of carbonyl (C=O) groups excluding carboxylic acids is 2. The number of amides is 2. The standard InChI is InChI=1S/C19H22N6O2/c1-12-16(13(2)25-19(24-12)22-11-23-25)8-9-17(26)21-10-14-4-6-15(7-5-14)18(27)20-3/h4-7,11H,8-10H2,1-3H3,(H,20,27)(H,21,26). The zero-order valence-electron chi connectivity index (χ0n) is 15.6. The molecule has 3 aromatic rings. The summed E-state index contributed by atoms with van der Waals surface area (Å²) in [6.45, 7) is 4.30. The van der Waals surface area contributed by atoms with Gasteiger partial charge in [-0.1, -0.05) is 12.1 Å². The van der Waals surface area contributed by atoms with Crippen molar-refractivity contribution in [1.29, 1.82) is 0 Å². The number of benzene rings is 1. The molecule has 0 unspecified atom stereocenters. The maximum atomic E-state index is 12.2. The average Bonchev–Trinajstić information content (AvgIpc) is 3.14. The van der Waals surface area contributed by atoms with Gasteiger partial charge in [-0.25, -0.2) is 9.50 Å². The molecule has 1 aromatic carbocycles. The first kappa shape index (κ1) is 18.5.